The standard InChI is InChI=1S/C17H20N4O2S/c1-18-16(23)14-7-3-5-9-21(14)15(22)10-12-11-24-17(20-12)13-6-2-4-8-19-13/h2,4,6,8,11,14H,3,5,7,9-10H2,1H3,(H,18,23)/t14-/m1/s1. The quantitative estimate of drug-likeness (QED) is 0.919. The summed E-state index contributed by atoms with van der Waals surface area (Å²) in [6, 6.07) is 5.31. The number of thiazole rings is 1. The van der Waals surface area contributed by atoms with Gasteiger partial charge in [0.15, 0.2) is 0 Å². The number of likely N-dealkylation sites (tertiary alicyclic amines) is 1. The lowest BCUT2D eigenvalue weighted by Gasteiger charge is -2.34. The first kappa shape index (κ1) is 16.6. The summed E-state index contributed by atoms with van der Waals surface area (Å²) >= 11 is 1.48. The molecule has 0 bridgehead atoms. The molecule has 2 amide bonds. The molecule has 1 fully saturated rings. The number of rotatable bonds is 4. The van der Waals surface area contributed by atoms with Crippen molar-refractivity contribution in [3.05, 3.63) is 35.5 Å². The number of likely N-dealkylation sites (N-methyl/N-ethyl adjacent to an activating group) is 1. The number of amides is 2. The lowest BCUT2D eigenvalue weighted by molar-refractivity contribution is -0.141. The van der Waals surface area contributed by atoms with Crippen LogP contribution in [0.2, 0.25) is 0 Å². The Morgan fingerprint density at radius 3 is 3.00 bits per heavy atom. The number of piperidine rings is 1. The van der Waals surface area contributed by atoms with Crippen LogP contribution < -0.4 is 5.32 Å². The van der Waals surface area contributed by atoms with Crippen molar-refractivity contribution >= 4 is 23.2 Å². The van der Waals surface area contributed by atoms with E-state index in [-0.39, 0.29) is 24.3 Å². The van der Waals surface area contributed by atoms with Crippen molar-refractivity contribution in [3.8, 4) is 10.7 Å². The maximum Gasteiger partial charge on any atom is 0.242 e. The zero-order valence-electron chi connectivity index (χ0n) is 13.6. The summed E-state index contributed by atoms with van der Waals surface area (Å²) in [5.74, 6) is -0.128. The molecule has 0 radical (unpaired) electrons. The summed E-state index contributed by atoms with van der Waals surface area (Å²) in [7, 11) is 1.61. The minimum atomic E-state index is -0.356. The van der Waals surface area contributed by atoms with E-state index >= 15 is 0 Å². The third kappa shape index (κ3) is 3.62. The zero-order chi connectivity index (χ0) is 16.9. The smallest absolute Gasteiger partial charge is 0.242 e. The predicted octanol–water partition coefficient (Wildman–Crippen LogP) is 1.87. The van der Waals surface area contributed by atoms with E-state index < -0.39 is 0 Å². The molecule has 1 aliphatic heterocycles. The molecule has 3 heterocycles. The van der Waals surface area contributed by atoms with Crippen molar-refractivity contribution in [2.24, 2.45) is 0 Å². The third-order valence-electron chi connectivity index (χ3n) is 4.14. The number of hydrogen-bond acceptors (Lipinski definition) is 5. The maximum absolute atomic E-state index is 12.6. The van der Waals surface area contributed by atoms with E-state index in [2.05, 4.69) is 15.3 Å². The normalized spacial score (nSPS) is 17.5. The fraction of sp³-hybridized carbons (Fsp3) is 0.412. The molecule has 2 aromatic heterocycles. The summed E-state index contributed by atoms with van der Waals surface area (Å²) in [4.78, 5) is 35.1. The molecule has 1 N–H and O–H groups in total. The van der Waals surface area contributed by atoms with E-state index in [1.54, 1.807) is 18.1 Å². The second-order valence-corrected chi connectivity index (χ2v) is 6.61. The highest BCUT2D eigenvalue weighted by atomic mass is 32.1. The number of nitrogens with zero attached hydrogens (tertiary/aromatic N) is 3. The van der Waals surface area contributed by atoms with Gasteiger partial charge in [0.1, 0.15) is 11.0 Å². The average Bonchev–Trinajstić information content (AvgIpc) is 3.10. The number of carbonyl (C=O) groups excluding carboxylic acids is 2. The Bertz CT molecular complexity index is 716. The molecule has 1 aliphatic rings. The molecule has 0 saturated carbocycles. The molecule has 7 heteroatoms. The van der Waals surface area contributed by atoms with Crippen LogP contribution in [-0.2, 0) is 16.0 Å². The second-order valence-electron chi connectivity index (χ2n) is 5.75. The van der Waals surface area contributed by atoms with Crippen LogP contribution in [0, 0.1) is 0 Å². The van der Waals surface area contributed by atoms with Crippen LogP contribution >= 0.6 is 11.3 Å². The molecular weight excluding hydrogens is 324 g/mol. The average molecular weight is 344 g/mol. The van der Waals surface area contributed by atoms with Gasteiger partial charge in [-0.05, 0) is 31.4 Å². The number of nitrogens with one attached hydrogen (secondary N) is 1. The first-order valence-electron chi connectivity index (χ1n) is 8.06. The molecule has 1 atom stereocenters. The van der Waals surface area contributed by atoms with Gasteiger partial charge in [0.2, 0.25) is 11.8 Å². The summed E-state index contributed by atoms with van der Waals surface area (Å²) < 4.78 is 0. The molecule has 2 aromatic rings. The Hall–Kier alpha value is -2.28. The molecule has 1 saturated heterocycles. The van der Waals surface area contributed by atoms with Crippen LogP contribution in [0.25, 0.3) is 10.7 Å². The van der Waals surface area contributed by atoms with Crippen LogP contribution in [0.3, 0.4) is 0 Å². The van der Waals surface area contributed by atoms with Gasteiger partial charge in [0, 0.05) is 25.2 Å². The molecule has 0 aromatic carbocycles. The van der Waals surface area contributed by atoms with Gasteiger partial charge in [0.05, 0.1) is 17.8 Å². The summed E-state index contributed by atoms with van der Waals surface area (Å²) in [5, 5.41) is 5.35. The van der Waals surface area contributed by atoms with E-state index in [4.69, 9.17) is 0 Å². The minimum Gasteiger partial charge on any atom is -0.357 e. The Morgan fingerprint density at radius 2 is 2.25 bits per heavy atom. The number of carbonyl (C=O) groups is 2. The number of pyridine rings is 1. The molecule has 6 nitrogen and oxygen atoms in total. The SMILES string of the molecule is CNC(=O)[C@H]1CCCCN1C(=O)Cc1csc(-c2ccccn2)n1. The van der Waals surface area contributed by atoms with Gasteiger partial charge in [-0.1, -0.05) is 6.07 Å². The largest absolute Gasteiger partial charge is 0.357 e. The Kier molecular flexibility index (Phi) is 5.20. The highest BCUT2D eigenvalue weighted by Gasteiger charge is 2.31. The van der Waals surface area contributed by atoms with Crippen LogP contribution in [0.1, 0.15) is 25.0 Å². The fourth-order valence-electron chi connectivity index (χ4n) is 2.92. The molecule has 3 rings (SSSR count). The highest BCUT2D eigenvalue weighted by molar-refractivity contribution is 7.13. The van der Waals surface area contributed by atoms with E-state index in [0.29, 0.717) is 6.54 Å². The van der Waals surface area contributed by atoms with Crippen LogP contribution in [0.4, 0.5) is 0 Å². The monoisotopic (exact) mass is 344 g/mol. The van der Waals surface area contributed by atoms with Crippen molar-refractivity contribution in [2.45, 2.75) is 31.7 Å². The molecule has 0 aliphatic carbocycles. The first-order valence-corrected chi connectivity index (χ1v) is 8.94. The van der Waals surface area contributed by atoms with Crippen molar-refractivity contribution in [1.82, 2.24) is 20.2 Å². The molecule has 0 unspecified atom stereocenters. The van der Waals surface area contributed by atoms with Crippen molar-refractivity contribution in [2.75, 3.05) is 13.6 Å². The number of hydrogen-bond donors (Lipinski definition) is 1. The fourth-order valence-corrected chi connectivity index (χ4v) is 3.72. The lowest BCUT2D eigenvalue weighted by Crippen LogP contribution is -2.51. The van der Waals surface area contributed by atoms with E-state index in [1.165, 1.54) is 11.3 Å². The Labute approximate surface area is 144 Å². The lowest BCUT2D eigenvalue weighted by atomic mass is 10.0. The van der Waals surface area contributed by atoms with Gasteiger partial charge < -0.3 is 10.2 Å². The summed E-state index contributed by atoms with van der Waals surface area (Å²) in [6.07, 6.45) is 4.58. The van der Waals surface area contributed by atoms with E-state index in [0.717, 1.165) is 35.7 Å². The summed E-state index contributed by atoms with van der Waals surface area (Å²) in [5.41, 5.74) is 1.54. The van der Waals surface area contributed by atoms with Crippen molar-refractivity contribution in [1.29, 1.82) is 0 Å². The van der Waals surface area contributed by atoms with Gasteiger partial charge in [-0.25, -0.2) is 4.98 Å². The van der Waals surface area contributed by atoms with Crippen LogP contribution in [-0.4, -0.2) is 46.3 Å². The minimum absolute atomic E-state index is 0.0406. The number of aromatic nitrogens is 2. The maximum atomic E-state index is 12.6. The topological polar surface area (TPSA) is 75.2 Å². The van der Waals surface area contributed by atoms with Gasteiger partial charge in [-0.15, -0.1) is 11.3 Å². The van der Waals surface area contributed by atoms with E-state index in [1.807, 2.05) is 23.6 Å². The summed E-state index contributed by atoms with van der Waals surface area (Å²) in [6.45, 7) is 0.633. The third-order valence-corrected chi connectivity index (χ3v) is 5.05. The van der Waals surface area contributed by atoms with Crippen molar-refractivity contribution < 1.29 is 9.59 Å². The van der Waals surface area contributed by atoms with Gasteiger partial charge >= 0.3 is 0 Å². The first-order chi connectivity index (χ1) is 11.7. The molecule has 24 heavy (non-hydrogen) atoms. The van der Waals surface area contributed by atoms with Gasteiger partial charge in [-0.3, -0.25) is 14.6 Å². The van der Waals surface area contributed by atoms with E-state index in [9.17, 15) is 9.59 Å². The predicted molar refractivity (Wildman–Crippen MR) is 92.5 cm³/mol. The molecule has 0 spiro atoms. The molecular formula is C17H20N4O2S. The van der Waals surface area contributed by atoms with Gasteiger partial charge in [0.25, 0.3) is 0 Å². The van der Waals surface area contributed by atoms with Gasteiger partial charge in [-0.2, -0.15) is 0 Å². The zero-order valence-corrected chi connectivity index (χ0v) is 14.4. The highest BCUT2D eigenvalue weighted by Crippen LogP contribution is 2.23. The Morgan fingerprint density at radius 1 is 1.38 bits per heavy atom. The van der Waals surface area contributed by atoms with Crippen LogP contribution in [0.15, 0.2) is 29.8 Å². The van der Waals surface area contributed by atoms with Crippen LogP contribution in [0.5, 0.6) is 0 Å². The second kappa shape index (κ2) is 7.53. The molecule has 126 valence electrons. The Balaban J connectivity index is 1.70. The van der Waals surface area contributed by atoms with Crippen molar-refractivity contribution in [3.63, 3.8) is 0 Å².